The Bertz CT molecular complexity index is 187. The Morgan fingerprint density at radius 3 is 2.56 bits per heavy atom. The highest BCUT2D eigenvalue weighted by molar-refractivity contribution is 7.98. The highest BCUT2D eigenvalue weighted by atomic mass is 32.2. The highest BCUT2D eigenvalue weighted by Gasteiger charge is 2.29. The van der Waals surface area contributed by atoms with E-state index >= 15 is 0 Å². The number of nitrogens with zero attached hydrogens (tertiary/aromatic N) is 1. The van der Waals surface area contributed by atoms with Gasteiger partial charge in [-0.2, -0.15) is 11.8 Å². The summed E-state index contributed by atoms with van der Waals surface area (Å²) in [5.41, 5.74) is 0. The molecule has 1 fully saturated rings. The van der Waals surface area contributed by atoms with Crippen molar-refractivity contribution in [1.29, 1.82) is 0 Å². The van der Waals surface area contributed by atoms with Gasteiger partial charge in [0.25, 0.3) is 0 Å². The van der Waals surface area contributed by atoms with Crippen LogP contribution in [0.2, 0.25) is 0 Å². The van der Waals surface area contributed by atoms with E-state index < -0.39 is 0 Å². The zero-order valence-electron chi connectivity index (χ0n) is 11.3. The van der Waals surface area contributed by atoms with E-state index in [9.17, 15) is 0 Å². The fraction of sp³-hybridized carbons (Fsp3) is 1.00. The monoisotopic (exact) mass is 244 g/mol. The average molecular weight is 244 g/mol. The summed E-state index contributed by atoms with van der Waals surface area (Å²) >= 11 is 1.99. The van der Waals surface area contributed by atoms with Crippen molar-refractivity contribution in [2.75, 3.05) is 25.1 Å². The molecule has 0 amide bonds. The van der Waals surface area contributed by atoms with Crippen molar-refractivity contribution in [1.82, 2.24) is 10.2 Å². The van der Waals surface area contributed by atoms with Crippen LogP contribution >= 0.6 is 11.8 Å². The second kappa shape index (κ2) is 7.57. The molecule has 1 N–H and O–H groups in total. The topological polar surface area (TPSA) is 15.3 Å². The quantitative estimate of drug-likeness (QED) is 0.773. The SMILES string of the molecule is CCC1CN(C(CC)CSC)C(CC)CN1. The van der Waals surface area contributed by atoms with Gasteiger partial charge in [0.2, 0.25) is 0 Å². The Morgan fingerprint density at radius 2 is 2.06 bits per heavy atom. The van der Waals surface area contributed by atoms with Crippen molar-refractivity contribution in [2.24, 2.45) is 0 Å². The second-order valence-electron chi connectivity index (χ2n) is 4.79. The maximum Gasteiger partial charge on any atom is 0.0222 e. The second-order valence-corrected chi connectivity index (χ2v) is 5.70. The molecule has 2 nitrogen and oxygen atoms in total. The van der Waals surface area contributed by atoms with Crippen molar-refractivity contribution in [2.45, 2.75) is 58.2 Å². The maximum atomic E-state index is 3.67. The number of nitrogens with one attached hydrogen (secondary N) is 1. The first-order valence-electron chi connectivity index (χ1n) is 6.74. The number of hydrogen-bond donors (Lipinski definition) is 1. The van der Waals surface area contributed by atoms with Gasteiger partial charge in [-0.1, -0.05) is 20.8 Å². The normalized spacial score (nSPS) is 29.2. The molecular weight excluding hydrogens is 216 g/mol. The van der Waals surface area contributed by atoms with E-state index in [2.05, 4.69) is 37.2 Å². The van der Waals surface area contributed by atoms with Crippen LogP contribution in [0.1, 0.15) is 40.0 Å². The van der Waals surface area contributed by atoms with E-state index in [0.717, 1.165) is 12.1 Å². The molecule has 1 saturated heterocycles. The van der Waals surface area contributed by atoms with Crippen molar-refractivity contribution < 1.29 is 0 Å². The van der Waals surface area contributed by atoms with E-state index in [-0.39, 0.29) is 0 Å². The van der Waals surface area contributed by atoms with Gasteiger partial charge in [0.1, 0.15) is 0 Å². The minimum atomic E-state index is 0.707. The third kappa shape index (κ3) is 3.64. The molecule has 0 spiro atoms. The Kier molecular flexibility index (Phi) is 6.78. The van der Waals surface area contributed by atoms with Crippen LogP contribution in [-0.4, -0.2) is 48.1 Å². The molecule has 1 heterocycles. The molecule has 3 heteroatoms. The molecule has 96 valence electrons. The van der Waals surface area contributed by atoms with E-state index in [1.807, 2.05) is 11.8 Å². The van der Waals surface area contributed by atoms with Gasteiger partial charge in [-0.05, 0) is 25.5 Å². The third-order valence-corrected chi connectivity index (χ3v) is 4.52. The van der Waals surface area contributed by atoms with Crippen molar-refractivity contribution in [3.8, 4) is 0 Å². The van der Waals surface area contributed by atoms with Crippen LogP contribution in [0.3, 0.4) is 0 Å². The van der Waals surface area contributed by atoms with Crippen LogP contribution in [0.25, 0.3) is 0 Å². The van der Waals surface area contributed by atoms with Crippen LogP contribution in [0.15, 0.2) is 0 Å². The zero-order chi connectivity index (χ0) is 12.0. The summed E-state index contributed by atoms with van der Waals surface area (Å²) in [6.07, 6.45) is 6.04. The summed E-state index contributed by atoms with van der Waals surface area (Å²) in [6, 6.07) is 2.23. The molecule has 0 aromatic heterocycles. The third-order valence-electron chi connectivity index (χ3n) is 3.81. The van der Waals surface area contributed by atoms with E-state index in [0.29, 0.717) is 6.04 Å². The Morgan fingerprint density at radius 1 is 1.31 bits per heavy atom. The van der Waals surface area contributed by atoms with Gasteiger partial charge in [0.05, 0.1) is 0 Å². The molecule has 0 aromatic carbocycles. The smallest absolute Gasteiger partial charge is 0.0222 e. The Balaban J connectivity index is 2.61. The lowest BCUT2D eigenvalue weighted by Crippen LogP contribution is -2.59. The van der Waals surface area contributed by atoms with E-state index in [4.69, 9.17) is 0 Å². The fourth-order valence-corrected chi connectivity index (χ4v) is 3.44. The van der Waals surface area contributed by atoms with Gasteiger partial charge >= 0.3 is 0 Å². The van der Waals surface area contributed by atoms with Gasteiger partial charge in [-0.15, -0.1) is 0 Å². The summed E-state index contributed by atoms with van der Waals surface area (Å²) in [5, 5.41) is 3.67. The van der Waals surface area contributed by atoms with E-state index in [1.54, 1.807) is 0 Å². The first-order valence-corrected chi connectivity index (χ1v) is 8.14. The minimum absolute atomic E-state index is 0.707. The Hall–Kier alpha value is 0.270. The molecule has 0 bridgehead atoms. The molecule has 16 heavy (non-hydrogen) atoms. The molecule has 1 rings (SSSR count). The van der Waals surface area contributed by atoms with Crippen LogP contribution in [0, 0.1) is 0 Å². The lowest BCUT2D eigenvalue weighted by atomic mass is 10.0. The molecule has 3 unspecified atom stereocenters. The van der Waals surface area contributed by atoms with Gasteiger partial charge in [0.15, 0.2) is 0 Å². The van der Waals surface area contributed by atoms with Crippen LogP contribution in [0.5, 0.6) is 0 Å². The summed E-state index contributed by atoms with van der Waals surface area (Å²) in [7, 11) is 0. The maximum absolute atomic E-state index is 3.67. The first-order chi connectivity index (χ1) is 7.76. The number of hydrogen-bond acceptors (Lipinski definition) is 3. The molecule has 0 aromatic rings. The average Bonchev–Trinajstić information content (AvgIpc) is 2.35. The van der Waals surface area contributed by atoms with Crippen LogP contribution < -0.4 is 5.32 Å². The molecule has 1 aliphatic rings. The van der Waals surface area contributed by atoms with Crippen LogP contribution in [-0.2, 0) is 0 Å². The molecule has 3 atom stereocenters. The van der Waals surface area contributed by atoms with Gasteiger partial charge in [-0.3, -0.25) is 4.90 Å². The van der Waals surface area contributed by atoms with Gasteiger partial charge < -0.3 is 5.32 Å². The van der Waals surface area contributed by atoms with E-state index in [1.165, 1.54) is 38.1 Å². The molecule has 0 radical (unpaired) electrons. The summed E-state index contributed by atoms with van der Waals surface area (Å²) in [5.74, 6) is 1.28. The van der Waals surface area contributed by atoms with Gasteiger partial charge in [-0.25, -0.2) is 0 Å². The van der Waals surface area contributed by atoms with Gasteiger partial charge in [0, 0.05) is 37.0 Å². The van der Waals surface area contributed by atoms with Crippen molar-refractivity contribution in [3.63, 3.8) is 0 Å². The summed E-state index contributed by atoms with van der Waals surface area (Å²) in [6.45, 7) is 9.36. The Labute approximate surface area is 106 Å². The van der Waals surface area contributed by atoms with Crippen molar-refractivity contribution >= 4 is 11.8 Å². The lowest BCUT2D eigenvalue weighted by molar-refractivity contribution is 0.0854. The number of piperazine rings is 1. The molecular formula is C13H28N2S. The lowest BCUT2D eigenvalue weighted by Gasteiger charge is -2.44. The largest absolute Gasteiger partial charge is 0.311 e. The fourth-order valence-electron chi connectivity index (χ4n) is 2.63. The zero-order valence-corrected chi connectivity index (χ0v) is 12.1. The predicted octanol–water partition coefficient (Wildman–Crippen LogP) is 2.59. The first kappa shape index (κ1) is 14.3. The molecule has 0 saturated carbocycles. The minimum Gasteiger partial charge on any atom is -0.311 e. The standard InChI is InChI=1S/C13H28N2S/c1-5-11-9-15(12(6-2)8-14-11)13(7-3)10-16-4/h11-14H,5-10H2,1-4H3. The summed E-state index contributed by atoms with van der Waals surface area (Å²) in [4.78, 5) is 2.77. The number of rotatable bonds is 6. The number of thioether (sulfide) groups is 1. The molecule has 1 aliphatic heterocycles. The van der Waals surface area contributed by atoms with Crippen molar-refractivity contribution in [3.05, 3.63) is 0 Å². The summed E-state index contributed by atoms with van der Waals surface area (Å²) < 4.78 is 0. The highest BCUT2D eigenvalue weighted by Crippen LogP contribution is 2.19. The van der Waals surface area contributed by atoms with Crippen LogP contribution in [0.4, 0.5) is 0 Å². The predicted molar refractivity (Wildman–Crippen MR) is 75.3 cm³/mol. The molecule has 0 aliphatic carbocycles.